The molecule has 1 aromatic heterocycles. The number of amides is 1. The number of nitrogens with one attached hydrogen (secondary N) is 1. The zero-order valence-electron chi connectivity index (χ0n) is 30.3. The van der Waals surface area contributed by atoms with Crippen LogP contribution in [0.2, 0.25) is 0 Å². The van der Waals surface area contributed by atoms with E-state index in [4.69, 9.17) is 0 Å². The van der Waals surface area contributed by atoms with Gasteiger partial charge in [-0.15, -0.1) is 0 Å². The van der Waals surface area contributed by atoms with Crippen molar-refractivity contribution in [2.75, 3.05) is 25.5 Å². The Morgan fingerprint density at radius 1 is 0.878 bits per heavy atom. The highest BCUT2D eigenvalue weighted by molar-refractivity contribution is 5.83. The molecule has 276 valence electrons. The van der Waals surface area contributed by atoms with E-state index in [2.05, 4.69) is 27.2 Å². The Kier molecular flexibility index (Phi) is 19.3. The minimum Gasteiger partial charge on any atom is -0.394 e. The van der Waals surface area contributed by atoms with Gasteiger partial charge in [-0.3, -0.25) is 14.9 Å². The predicted molar refractivity (Wildman–Crippen MR) is 195 cm³/mol. The molecule has 2 atom stereocenters. The van der Waals surface area contributed by atoms with Crippen molar-refractivity contribution in [2.45, 2.75) is 167 Å². The molecule has 1 amide bonds. The zero-order valence-corrected chi connectivity index (χ0v) is 30.3. The first-order valence-corrected chi connectivity index (χ1v) is 19.3. The molecule has 0 fully saturated rings. The van der Waals surface area contributed by atoms with Gasteiger partial charge in [0.15, 0.2) is 0 Å². The molecule has 0 radical (unpaired) electrons. The number of carbonyl (C=O) groups is 1. The number of aliphatic hydroxyl groups is 2. The lowest BCUT2D eigenvalue weighted by Crippen LogP contribution is -2.46. The van der Waals surface area contributed by atoms with Crippen molar-refractivity contribution in [3.8, 4) is 0 Å². The summed E-state index contributed by atoms with van der Waals surface area (Å²) in [5, 5.41) is 42.9. The van der Waals surface area contributed by atoms with Crippen molar-refractivity contribution in [1.29, 1.82) is 0 Å². The van der Waals surface area contributed by atoms with Crippen LogP contribution in [0.3, 0.4) is 0 Å². The van der Waals surface area contributed by atoms with E-state index in [-0.39, 0.29) is 18.2 Å². The Morgan fingerprint density at radius 2 is 1.41 bits per heavy atom. The molecular weight excluding hydrogens is 622 g/mol. The summed E-state index contributed by atoms with van der Waals surface area (Å²) in [4.78, 5) is 25.4. The summed E-state index contributed by atoms with van der Waals surface area (Å²) in [5.74, 6) is -0.0113. The number of allylic oxidation sites excluding steroid dienone is 1. The van der Waals surface area contributed by atoms with Crippen molar-refractivity contribution < 1.29 is 24.6 Å². The smallest absolute Gasteiger partial charge is 0.294 e. The van der Waals surface area contributed by atoms with E-state index in [1.165, 1.54) is 75.8 Å². The highest BCUT2D eigenvalue weighted by Crippen LogP contribution is 2.39. The molecule has 1 aliphatic carbocycles. The van der Waals surface area contributed by atoms with Crippen LogP contribution >= 0.6 is 0 Å². The Labute approximate surface area is 293 Å². The normalized spacial score (nSPS) is 14.0. The first-order valence-electron chi connectivity index (χ1n) is 19.3. The second-order valence-corrected chi connectivity index (χ2v) is 14.0. The van der Waals surface area contributed by atoms with Gasteiger partial charge < -0.3 is 20.4 Å². The van der Waals surface area contributed by atoms with E-state index >= 15 is 0 Å². The summed E-state index contributed by atoms with van der Waals surface area (Å²) >= 11 is 0. The summed E-state index contributed by atoms with van der Waals surface area (Å²) in [6.45, 7) is 2.67. The molecule has 0 bridgehead atoms. The summed E-state index contributed by atoms with van der Waals surface area (Å²) in [6, 6.07) is 2.41. The molecule has 49 heavy (non-hydrogen) atoms. The van der Waals surface area contributed by atoms with Crippen molar-refractivity contribution in [3.05, 3.63) is 33.4 Å². The fourth-order valence-electron chi connectivity index (χ4n) is 6.75. The molecule has 1 heterocycles. The molecule has 0 spiro atoms. The molecular formula is C38H63N5O6. The SMILES string of the molecule is CCCCCCCCCCCCCC1=C([C@@H](O)[C@H](CO)N(C)C(=O)CCCCCCCCCCCNc2cc3nonc3cc2[N+](=O)[O-])C1. The Morgan fingerprint density at radius 3 is 1.98 bits per heavy atom. The quantitative estimate of drug-likeness (QED) is 0.0316. The maximum absolute atomic E-state index is 12.8. The van der Waals surface area contributed by atoms with Crippen LogP contribution in [-0.4, -0.2) is 68.6 Å². The monoisotopic (exact) mass is 685 g/mol. The van der Waals surface area contributed by atoms with Crippen LogP contribution in [-0.2, 0) is 4.79 Å². The van der Waals surface area contributed by atoms with Gasteiger partial charge in [-0.2, -0.15) is 0 Å². The van der Waals surface area contributed by atoms with Crippen molar-refractivity contribution in [2.24, 2.45) is 0 Å². The highest BCUT2D eigenvalue weighted by Gasteiger charge is 2.35. The van der Waals surface area contributed by atoms with Gasteiger partial charge in [-0.05, 0) is 54.1 Å². The fourth-order valence-corrected chi connectivity index (χ4v) is 6.75. The predicted octanol–water partition coefficient (Wildman–Crippen LogP) is 9.03. The number of nitro groups is 1. The van der Waals surface area contributed by atoms with Gasteiger partial charge in [0.25, 0.3) is 5.69 Å². The largest absolute Gasteiger partial charge is 0.394 e. The van der Waals surface area contributed by atoms with E-state index in [0.717, 1.165) is 82.6 Å². The van der Waals surface area contributed by atoms with Crippen LogP contribution in [0.4, 0.5) is 11.4 Å². The number of nitrogens with zero attached hydrogens (tertiary/aromatic N) is 4. The number of aliphatic hydroxyl groups excluding tert-OH is 2. The lowest BCUT2D eigenvalue weighted by molar-refractivity contribution is -0.383. The van der Waals surface area contributed by atoms with E-state index in [9.17, 15) is 25.1 Å². The third-order valence-electron chi connectivity index (χ3n) is 10.1. The molecule has 0 saturated carbocycles. The Bertz CT molecular complexity index is 1280. The molecule has 11 nitrogen and oxygen atoms in total. The molecule has 3 N–H and O–H groups in total. The number of anilines is 1. The van der Waals surface area contributed by atoms with Crippen LogP contribution in [0.1, 0.15) is 155 Å². The van der Waals surface area contributed by atoms with Gasteiger partial charge in [0.2, 0.25) is 5.91 Å². The van der Waals surface area contributed by atoms with Gasteiger partial charge in [0, 0.05) is 26.1 Å². The van der Waals surface area contributed by atoms with Crippen molar-refractivity contribution in [3.63, 3.8) is 0 Å². The molecule has 1 aliphatic rings. The number of fused-ring (bicyclic) bond motifs is 1. The average Bonchev–Trinajstić information content (AvgIpc) is 3.73. The number of hydrogen-bond acceptors (Lipinski definition) is 9. The topological polar surface area (TPSA) is 155 Å². The number of unbranched alkanes of at least 4 members (excludes halogenated alkanes) is 18. The summed E-state index contributed by atoms with van der Waals surface area (Å²) in [7, 11) is 1.71. The molecule has 0 aliphatic heterocycles. The van der Waals surface area contributed by atoms with Crippen molar-refractivity contribution in [1.82, 2.24) is 15.2 Å². The maximum atomic E-state index is 12.8. The lowest BCUT2D eigenvalue weighted by atomic mass is 10.0. The van der Waals surface area contributed by atoms with Crippen LogP contribution in [0.25, 0.3) is 11.0 Å². The third-order valence-corrected chi connectivity index (χ3v) is 10.1. The number of nitro benzene ring substituents is 1. The zero-order chi connectivity index (χ0) is 35.3. The minimum atomic E-state index is -0.766. The van der Waals surface area contributed by atoms with Gasteiger partial charge >= 0.3 is 0 Å². The molecule has 11 heteroatoms. The van der Waals surface area contributed by atoms with Crippen molar-refractivity contribution >= 4 is 28.3 Å². The van der Waals surface area contributed by atoms with Gasteiger partial charge in [-0.25, -0.2) is 4.63 Å². The summed E-state index contributed by atoms with van der Waals surface area (Å²) < 4.78 is 4.66. The molecule has 3 rings (SSSR count). The first kappa shape index (κ1) is 40.4. The summed E-state index contributed by atoms with van der Waals surface area (Å²) in [6.07, 6.45) is 25.5. The first-order chi connectivity index (χ1) is 23.9. The highest BCUT2D eigenvalue weighted by atomic mass is 16.6. The maximum Gasteiger partial charge on any atom is 0.294 e. The average molecular weight is 686 g/mol. The Balaban J connectivity index is 1.17. The number of likely N-dealkylation sites (N-methyl/N-ethyl adjacent to an activating group) is 1. The third kappa shape index (κ3) is 14.8. The van der Waals surface area contributed by atoms with E-state index < -0.39 is 17.1 Å². The van der Waals surface area contributed by atoms with E-state index in [0.29, 0.717) is 29.7 Å². The van der Waals surface area contributed by atoms with Crippen LogP contribution in [0, 0.1) is 10.1 Å². The van der Waals surface area contributed by atoms with Crippen LogP contribution < -0.4 is 5.32 Å². The second kappa shape index (κ2) is 23.4. The Hall–Kier alpha value is -3.05. The number of rotatable bonds is 30. The number of aromatic nitrogens is 2. The number of hydrogen-bond donors (Lipinski definition) is 3. The van der Waals surface area contributed by atoms with Gasteiger partial charge in [-0.1, -0.05) is 122 Å². The van der Waals surface area contributed by atoms with E-state index in [1.54, 1.807) is 18.0 Å². The molecule has 1 aromatic carbocycles. The molecule has 2 aromatic rings. The number of carbonyl (C=O) groups excluding carboxylic acids is 1. The van der Waals surface area contributed by atoms with E-state index in [1.807, 2.05) is 0 Å². The van der Waals surface area contributed by atoms with Gasteiger partial charge in [0.1, 0.15) is 16.7 Å². The standard InChI is InChI=1S/C38H63N5O6/c1-3-4-5-6-7-8-9-11-14-17-20-23-30-26-31(30)38(46)36(29-44)42(2)37(45)24-21-18-15-12-10-13-16-19-22-25-39-34-27-32-33(41-49-40-32)28-35(34)43(47)48/h27-28,36,38-39,44,46H,3-26,29H2,1-2H3/t36-,38+/m0/s1. The minimum absolute atomic E-state index is 0.0113. The van der Waals surface area contributed by atoms with Crippen LogP contribution in [0.5, 0.6) is 0 Å². The molecule has 0 unspecified atom stereocenters. The van der Waals surface area contributed by atoms with Crippen LogP contribution in [0.15, 0.2) is 27.9 Å². The summed E-state index contributed by atoms with van der Waals surface area (Å²) in [5.41, 5.74) is 3.62. The number of benzene rings is 1. The van der Waals surface area contributed by atoms with Gasteiger partial charge in [0.05, 0.1) is 23.7 Å². The fraction of sp³-hybridized carbons (Fsp3) is 0.763. The second-order valence-electron chi connectivity index (χ2n) is 14.0. The molecule has 0 saturated heterocycles. The lowest BCUT2D eigenvalue weighted by Gasteiger charge is -2.30.